The summed E-state index contributed by atoms with van der Waals surface area (Å²) in [5.41, 5.74) is 9.51. The quantitative estimate of drug-likeness (QED) is 0.667. The van der Waals surface area contributed by atoms with Gasteiger partial charge in [-0.2, -0.15) is 5.10 Å². The fourth-order valence-electron chi connectivity index (χ4n) is 1.13. The Bertz CT molecular complexity index is 433. The molecule has 4 nitrogen and oxygen atoms in total. The van der Waals surface area contributed by atoms with Gasteiger partial charge in [0.1, 0.15) is 0 Å². The number of hydrogen-bond acceptors (Lipinski definition) is 2. The van der Waals surface area contributed by atoms with Crippen molar-refractivity contribution in [2.75, 3.05) is 0 Å². The van der Waals surface area contributed by atoms with Crippen molar-refractivity contribution >= 4 is 16.8 Å². The fraction of sp³-hybridized carbons (Fsp3) is 0. The minimum atomic E-state index is -1.01. The molecule has 0 aliphatic rings. The predicted molar refractivity (Wildman–Crippen MR) is 42.6 cm³/mol. The third kappa shape index (κ3) is 0.852. The highest BCUT2D eigenvalue weighted by atomic mass is 16.1. The maximum atomic E-state index is 10.6. The molecule has 0 aliphatic carbocycles. The van der Waals surface area contributed by atoms with Gasteiger partial charge >= 0.3 is 5.91 Å². The molecular formula is C8H5N3O. The van der Waals surface area contributed by atoms with E-state index in [1.807, 2.05) is 6.07 Å². The highest BCUT2D eigenvalue weighted by molar-refractivity contribution is 6.03. The number of nitrogens with one attached hydrogen (secondary N) is 1. The fourth-order valence-corrected chi connectivity index (χ4v) is 1.13. The summed E-state index contributed by atoms with van der Waals surface area (Å²) in [6, 6.07) is 7.12. The number of hydrogen-bond donors (Lipinski definition) is 1. The first-order valence-electron chi connectivity index (χ1n) is 3.45. The standard InChI is InChI=1S/C8H5N3O/c9-8(12)7-5-3-1-2-4-6(5)10-11-7/h1-4H,(H,10,11). The van der Waals surface area contributed by atoms with Crippen LogP contribution in [0.4, 0.5) is 0 Å². The predicted octanol–water partition coefficient (Wildman–Crippen LogP) is 0.772. The van der Waals surface area contributed by atoms with Crippen LogP contribution in [0.5, 0.6) is 0 Å². The smallest absolute Gasteiger partial charge is 0.277 e. The van der Waals surface area contributed by atoms with Gasteiger partial charge in [-0.3, -0.25) is 9.89 Å². The number of carbonyl (C=O) groups excluding carboxylic acids is 1. The summed E-state index contributed by atoms with van der Waals surface area (Å²) in [5.74, 6) is -1.01. The van der Waals surface area contributed by atoms with Crippen LogP contribution in [0, 0.1) is 0 Å². The maximum absolute atomic E-state index is 10.6. The van der Waals surface area contributed by atoms with Crippen molar-refractivity contribution in [1.82, 2.24) is 15.9 Å². The van der Waals surface area contributed by atoms with Crippen LogP contribution in [-0.4, -0.2) is 16.1 Å². The Morgan fingerprint density at radius 3 is 2.92 bits per heavy atom. The molecule has 1 aromatic heterocycles. The van der Waals surface area contributed by atoms with Gasteiger partial charge in [0.15, 0.2) is 5.69 Å². The Labute approximate surface area is 68.4 Å². The Morgan fingerprint density at radius 2 is 2.17 bits per heavy atom. The van der Waals surface area contributed by atoms with E-state index in [-0.39, 0.29) is 5.69 Å². The van der Waals surface area contributed by atoms with E-state index >= 15 is 0 Å². The zero-order valence-electron chi connectivity index (χ0n) is 6.11. The number of para-hydroxylation sites is 1. The summed E-state index contributed by atoms with van der Waals surface area (Å²) >= 11 is 0. The molecule has 1 heterocycles. The molecule has 12 heavy (non-hydrogen) atoms. The van der Waals surface area contributed by atoms with E-state index < -0.39 is 5.91 Å². The van der Waals surface area contributed by atoms with Crippen LogP contribution in [0.3, 0.4) is 0 Å². The zero-order chi connectivity index (χ0) is 8.55. The second-order valence-electron chi connectivity index (χ2n) is 2.42. The Hall–Kier alpha value is -1.84. The third-order valence-corrected chi connectivity index (χ3v) is 1.67. The van der Waals surface area contributed by atoms with Crippen LogP contribution in [0.2, 0.25) is 0 Å². The van der Waals surface area contributed by atoms with Crippen molar-refractivity contribution in [1.29, 1.82) is 0 Å². The van der Waals surface area contributed by atoms with Crippen molar-refractivity contribution < 1.29 is 4.79 Å². The Balaban J connectivity index is 2.79. The summed E-state index contributed by atoms with van der Waals surface area (Å²) in [6.07, 6.45) is 0. The minimum absolute atomic E-state index is 0.0746. The molecule has 4 heteroatoms. The molecule has 0 saturated carbocycles. The van der Waals surface area contributed by atoms with Gasteiger partial charge in [0.05, 0.1) is 5.52 Å². The SMILES string of the molecule is [N]C(=O)c1n[nH]c2ccccc12. The van der Waals surface area contributed by atoms with Crippen LogP contribution in [0.15, 0.2) is 24.3 Å². The van der Waals surface area contributed by atoms with Gasteiger partial charge in [-0.05, 0) is 6.07 Å². The summed E-state index contributed by atoms with van der Waals surface area (Å²) in [5, 5.41) is 6.95. The number of H-pyrrole nitrogens is 1. The number of benzene rings is 1. The highest BCUT2D eigenvalue weighted by Gasteiger charge is 2.10. The van der Waals surface area contributed by atoms with Crippen molar-refractivity contribution in [3.8, 4) is 0 Å². The van der Waals surface area contributed by atoms with Crippen molar-refractivity contribution in [3.63, 3.8) is 0 Å². The van der Waals surface area contributed by atoms with E-state index in [1.54, 1.807) is 18.2 Å². The molecule has 0 spiro atoms. The monoisotopic (exact) mass is 159 g/mol. The second-order valence-corrected chi connectivity index (χ2v) is 2.42. The molecule has 0 fully saturated rings. The van der Waals surface area contributed by atoms with Gasteiger partial charge in [-0.25, -0.2) is 0 Å². The lowest BCUT2D eigenvalue weighted by molar-refractivity contribution is 0.0989. The van der Waals surface area contributed by atoms with E-state index in [4.69, 9.17) is 5.73 Å². The normalized spacial score (nSPS) is 10.3. The molecule has 0 atom stereocenters. The van der Waals surface area contributed by atoms with Gasteiger partial charge in [-0.1, -0.05) is 18.2 Å². The Kier molecular flexibility index (Phi) is 1.33. The molecule has 1 amide bonds. The molecule has 0 saturated heterocycles. The third-order valence-electron chi connectivity index (χ3n) is 1.67. The lowest BCUT2D eigenvalue weighted by Gasteiger charge is -1.86. The van der Waals surface area contributed by atoms with Crippen LogP contribution in [0.25, 0.3) is 10.9 Å². The molecule has 2 radical (unpaired) electrons. The average Bonchev–Trinajstić information content (AvgIpc) is 2.47. The second kappa shape index (κ2) is 2.34. The Morgan fingerprint density at radius 1 is 1.42 bits per heavy atom. The lowest BCUT2D eigenvalue weighted by Crippen LogP contribution is -1.99. The van der Waals surface area contributed by atoms with Gasteiger partial charge in [0.2, 0.25) is 0 Å². The summed E-state index contributed by atoms with van der Waals surface area (Å²) < 4.78 is 0. The summed E-state index contributed by atoms with van der Waals surface area (Å²) in [4.78, 5) is 10.6. The van der Waals surface area contributed by atoms with E-state index in [9.17, 15) is 4.79 Å². The van der Waals surface area contributed by atoms with Gasteiger partial charge in [0, 0.05) is 5.39 Å². The van der Waals surface area contributed by atoms with Crippen LogP contribution >= 0.6 is 0 Å². The maximum Gasteiger partial charge on any atom is 0.316 e. The van der Waals surface area contributed by atoms with E-state index in [2.05, 4.69) is 10.2 Å². The van der Waals surface area contributed by atoms with E-state index in [0.29, 0.717) is 5.39 Å². The molecular weight excluding hydrogens is 154 g/mol. The average molecular weight is 159 g/mol. The number of fused-ring (bicyclic) bond motifs is 1. The van der Waals surface area contributed by atoms with Crippen molar-refractivity contribution in [3.05, 3.63) is 30.0 Å². The molecule has 0 bridgehead atoms. The summed E-state index contributed by atoms with van der Waals surface area (Å²) in [7, 11) is 0. The molecule has 1 aromatic carbocycles. The van der Waals surface area contributed by atoms with Crippen molar-refractivity contribution in [2.45, 2.75) is 0 Å². The first-order valence-corrected chi connectivity index (χ1v) is 3.45. The van der Waals surface area contributed by atoms with Gasteiger partial charge in [-0.15, -0.1) is 5.73 Å². The van der Waals surface area contributed by atoms with Gasteiger partial charge in [0.25, 0.3) is 0 Å². The van der Waals surface area contributed by atoms with Crippen LogP contribution < -0.4 is 5.73 Å². The van der Waals surface area contributed by atoms with Crippen LogP contribution in [-0.2, 0) is 0 Å². The minimum Gasteiger partial charge on any atom is -0.277 e. The lowest BCUT2D eigenvalue weighted by atomic mass is 10.2. The topological polar surface area (TPSA) is 68.1 Å². The molecule has 58 valence electrons. The molecule has 1 N–H and O–H groups in total. The molecule has 0 unspecified atom stereocenters. The van der Waals surface area contributed by atoms with Gasteiger partial charge < -0.3 is 0 Å². The zero-order valence-corrected chi connectivity index (χ0v) is 6.11. The van der Waals surface area contributed by atoms with E-state index in [0.717, 1.165) is 5.52 Å². The number of nitrogens with zero attached hydrogens (tertiary/aromatic N) is 2. The van der Waals surface area contributed by atoms with Crippen LogP contribution in [0.1, 0.15) is 10.5 Å². The number of aromatic amines is 1. The van der Waals surface area contributed by atoms with E-state index in [1.165, 1.54) is 0 Å². The number of amides is 1. The first-order chi connectivity index (χ1) is 5.79. The molecule has 2 aromatic rings. The number of carbonyl (C=O) groups is 1. The largest absolute Gasteiger partial charge is 0.316 e. The number of aromatic nitrogens is 2. The summed E-state index contributed by atoms with van der Waals surface area (Å²) in [6.45, 7) is 0. The molecule has 2 rings (SSSR count). The number of rotatable bonds is 1. The molecule has 0 aliphatic heterocycles. The van der Waals surface area contributed by atoms with Crippen molar-refractivity contribution in [2.24, 2.45) is 0 Å². The first kappa shape index (κ1) is 6.84. The highest BCUT2D eigenvalue weighted by Crippen LogP contribution is 2.14.